The van der Waals surface area contributed by atoms with Crippen LogP contribution in [0.3, 0.4) is 0 Å². The van der Waals surface area contributed by atoms with E-state index in [1.807, 2.05) is 32.3 Å². The number of piperazine rings is 1. The second kappa shape index (κ2) is 8.46. The number of rotatable bonds is 5. The van der Waals surface area contributed by atoms with E-state index in [9.17, 15) is 0 Å². The third-order valence-electron chi connectivity index (χ3n) is 4.18. The maximum absolute atomic E-state index is 5.13. The van der Waals surface area contributed by atoms with Crippen LogP contribution < -0.4 is 10.2 Å². The molecular weight excluding hydrogens is 318 g/mol. The van der Waals surface area contributed by atoms with Crippen LogP contribution in [-0.4, -0.2) is 65.8 Å². The van der Waals surface area contributed by atoms with E-state index in [0.717, 1.165) is 57.3 Å². The van der Waals surface area contributed by atoms with Crippen molar-refractivity contribution in [2.45, 2.75) is 19.8 Å². The molecule has 25 heavy (non-hydrogen) atoms. The topological polar surface area (TPSA) is 82.7 Å². The van der Waals surface area contributed by atoms with Crippen molar-refractivity contribution in [3.05, 3.63) is 36.1 Å². The fraction of sp³-hybridized carbons (Fsp3) is 0.529. The molecular formula is C17H25N7O. The van der Waals surface area contributed by atoms with Crippen LogP contribution in [0.2, 0.25) is 0 Å². The lowest BCUT2D eigenvalue weighted by molar-refractivity contribution is 0.365. The van der Waals surface area contributed by atoms with Crippen LogP contribution in [0.1, 0.15) is 18.1 Å². The molecule has 0 aliphatic carbocycles. The molecule has 0 amide bonds. The van der Waals surface area contributed by atoms with Crippen LogP contribution in [0.5, 0.6) is 0 Å². The van der Waals surface area contributed by atoms with Gasteiger partial charge in [0.25, 0.3) is 0 Å². The first-order valence-electron chi connectivity index (χ1n) is 8.67. The van der Waals surface area contributed by atoms with Gasteiger partial charge in [0, 0.05) is 52.4 Å². The standard InChI is InChI=1S/C17H25N7O/c1-14-21-16(25-22-14)7-5-9-20-17(18-2)24-12-10-23(11-13-24)15-6-3-4-8-19-15/h3-4,6,8H,5,7,9-13H2,1-2H3,(H,18,20). The Balaban J connectivity index is 1.41. The van der Waals surface area contributed by atoms with Gasteiger partial charge in [-0.05, 0) is 25.5 Å². The SMILES string of the molecule is CN=C(NCCCc1nc(C)no1)N1CCN(c2ccccn2)CC1. The van der Waals surface area contributed by atoms with Crippen LogP contribution in [0.25, 0.3) is 0 Å². The van der Waals surface area contributed by atoms with Gasteiger partial charge in [-0.3, -0.25) is 4.99 Å². The molecule has 1 aliphatic rings. The summed E-state index contributed by atoms with van der Waals surface area (Å²) in [5, 5.41) is 7.23. The highest BCUT2D eigenvalue weighted by Gasteiger charge is 2.20. The predicted octanol–water partition coefficient (Wildman–Crippen LogP) is 1.10. The molecule has 134 valence electrons. The highest BCUT2D eigenvalue weighted by Crippen LogP contribution is 2.12. The van der Waals surface area contributed by atoms with E-state index in [0.29, 0.717) is 11.7 Å². The molecule has 0 saturated carbocycles. The molecule has 0 aromatic carbocycles. The van der Waals surface area contributed by atoms with Crippen LogP contribution in [0.15, 0.2) is 33.9 Å². The number of pyridine rings is 1. The van der Waals surface area contributed by atoms with E-state index < -0.39 is 0 Å². The van der Waals surface area contributed by atoms with Crippen molar-refractivity contribution in [1.29, 1.82) is 0 Å². The molecule has 8 heteroatoms. The Hall–Kier alpha value is -2.64. The summed E-state index contributed by atoms with van der Waals surface area (Å²) in [5.74, 6) is 3.37. The number of anilines is 1. The minimum absolute atomic E-state index is 0.685. The van der Waals surface area contributed by atoms with Gasteiger partial charge < -0.3 is 19.6 Å². The second-order valence-corrected chi connectivity index (χ2v) is 5.97. The number of hydrogen-bond donors (Lipinski definition) is 1. The van der Waals surface area contributed by atoms with Gasteiger partial charge in [0.2, 0.25) is 5.89 Å². The summed E-state index contributed by atoms with van der Waals surface area (Å²) in [6, 6.07) is 6.03. The lowest BCUT2D eigenvalue weighted by Crippen LogP contribution is -2.52. The van der Waals surface area contributed by atoms with Crippen molar-refractivity contribution in [3.63, 3.8) is 0 Å². The lowest BCUT2D eigenvalue weighted by atomic mass is 10.3. The molecule has 2 aromatic heterocycles. The molecule has 0 unspecified atom stereocenters. The zero-order chi connectivity index (χ0) is 17.5. The first-order valence-corrected chi connectivity index (χ1v) is 8.67. The van der Waals surface area contributed by atoms with Gasteiger partial charge in [0.15, 0.2) is 11.8 Å². The molecule has 3 heterocycles. The van der Waals surface area contributed by atoms with Gasteiger partial charge in [0.1, 0.15) is 5.82 Å². The van der Waals surface area contributed by atoms with Gasteiger partial charge in [-0.2, -0.15) is 4.98 Å². The average Bonchev–Trinajstić information content (AvgIpc) is 3.08. The van der Waals surface area contributed by atoms with Crippen molar-refractivity contribution >= 4 is 11.8 Å². The third kappa shape index (κ3) is 4.68. The maximum Gasteiger partial charge on any atom is 0.226 e. The zero-order valence-electron chi connectivity index (χ0n) is 14.9. The summed E-state index contributed by atoms with van der Waals surface area (Å²) >= 11 is 0. The molecule has 1 saturated heterocycles. The Labute approximate surface area is 148 Å². The Morgan fingerprint density at radius 1 is 1.28 bits per heavy atom. The highest BCUT2D eigenvalue weighted by molar-refractivity contribution is 5.80. The first-order chi connectivity index (χ1) is 12.3. The number of hydrogen-bond acceptors (Lipinski definition) is 6. The van der Waals surface area contributed by atoms with E-state index in [1.165, 1.54) is 0 Å². The molecule has 1 fully saturated rings. The fourth-order valence-electron chi connectivity index (χ4n) is 2.90. The molecule has 1 N–H and O–H groups in total. The van der Waals surface area contributed by atoms with E-state index in [-0.39, 0.29) is 0 Å². The first kappa shape index (κ1) is 17.2. The normalized spacial score (nSPS) is 15.5. The summed E-state index contributed by atoms with van der Waals surface area (Å²) in [6.07, 6.45) is 3.54. The Morgan fingerprint density at radius 2 is 2.12 bits per heavy atom. The molecule has 8 nitrogen and oxygen atoms in total. The summed E-state index contributed by atoms with van der Waals surface area (Å²) in [6.45, 7) is 6.41. The Kier molecular flexibility index (Phi) is 5.81. The number of nitrogens with zero attached hydrogens (tertiary/aromatic N) is 6. The zero-order valence-corrected chi connectivity index (χ0v) is 14.9. The third-order valence-corrected chi connectivity index (χ3v) is 4.18. The molecule has 2 aromatic rings. The van der Waals surface area contributed by atoms with E-state index in [1.54, 1.807) is 0 Å². The van der Waals surface area contributed by atoms with E-state index in [2.05, 4.69) is 41.3 Å². The van der Waals surface area contributed by atoms with Crippen molar-refractivity contribution < 1.29 is 4.52 Å². The molecule has 3 rings (SSSR count). The highest BCUT2D eigenvalue weighted by atomic mass is 16.5. The molecule has 0 spiro atoms. The lowest BCUT2D eigenvalue weighted by Gasteiger charge is -2.37. The number of aryl methyl sites for hydroxylation is 2. The number of nitrogens with one attached hydrogen (secondary N) is 1. The molecule has 0 atom stereocenters. The van der Waals surface area contributed by atoms with Crippen molar-refractivity contribution in [2.24, 2.45) is 4.99 Å². The number of aliphatic imine (C=N–C) groups is 1. The van der Waals surface area contributed by atoms with E-state index >= 15 is 0 Å². The predicted molar refractivity (Wildman–Crippen MR) is 96.7 cm³/mol. The van der Waals surface area contributed by atoms with Gasteiger partial charge in [-0.15, -0.1) is 0 Å². The second-order valence-electron chi connectivity index (χ2n) is 5.97. The minimum Gasteiger partial charge on any atom is -0.356 e. The maximum atomic E-state index is 5.13. The van der Waals surface area contributed by atoms with Crippen LogP contribution in [0, 0.1) is 6.92 Å². The van der Waals surface area contributed by atoms with E-state index in [4.69, 9.17) is 4.52 Å². The molecule has 0 radical (unpaired) electrons. The quantitative estimate of drug-likeness (QED) is 0.494. The summed E-state index contributed by atoms with van der Waals surface area (Å²) in [4.78, 5) is 17.6. The molecule has 1 aliphatic heterocycles. The van der Waals surface area contributed by atoms with Gasteiger partial charge in [0.05, 0.1) is 0 Å². The van der Waals surface area contributed by atoms with Crippen molar-refractivity contribution in [3.8, 4) is 0 Å². The monoisotopic (exact) mass is 343 g/mol. The smallest absolute Gasteiger partial charge is 0.226 e. The minimum atomic E-state index is 0.685. The summed E-state index contributed by atoms with van der Waals surface area (Å²) in [7, 11) is 1.83. The van der Waals surface area contributed by atoms with Gasteiger partial charge in [-0.1, -0.05) is 11.2 Å². The van der Waals surface area contributed by atoms with Crippen LogP contribution in [-0.2, 0) is 6.42 Å². The largest absolute Gasteiger partial charge is 0.356 e. The number of aromatic nitrogens is 3. The van der Waals surface area contributed by atoms with Gasteiger partial charge in [-0.25, -0.2) is 4.98 Å². The summed E-state index contributed by atoms with van der Waals surface area (Å²) in [5.41, 5.74) is 0. The van der Waals surface area contributed by atoms with Crippen LogP contribution in [0.4, 0.5) is 5.82 Å². The summed E-state index contributed by atoms with van der Waals surface area (Å²) < 4.78 is 5.13. The van der Waals surface area contributed by atoms with Crippen molar-refractivity contribution in [1.82, 2.24) is 25.3 Å². The fourth-order valence-corrected chi connectivity index (χ4v) is 2.90. The average molecular weight is 343 g/mol. The Morgan fingerprint density at radius 3 is 2.76 bits per heavy atom. The van der Waals surface area contributed by atoms with Crippen LogP contribution >= 0.6 is 0 Å². The molecule has 0 bridgehead atoms. The Bertz CT molecular complexity index is 677. The van der Waals surface area contributed by atoms with Crippen molar-refractivity contribution in [2.75, 3.05) is 44.7 Å². The number of guanidine groups is 1. The van der Waals surface area contributed by atoms with Gasteiger partial charge >= 0.3 is 0 Å².